The lowest BCUT2D eigenvalue weighted by Gasteiger charge is -2.32. The number of aryl methyl sites for hydroxylation is 1. The first-order valence-electron chi connectivity index (χ1n) is 6.52. The first-order chi connectivity index (χ1) is 9.41. The molecule has 2 heterocycles. The van der Waals surface area contributed by atoms with E-state index in [4.69, 9.17) is 0 Å². The van der Waals surface area contributed by atoms with Crippen molar-refractivity contribution < 1.29 is 13.2 Å². The van der Waals surface area contributed by atoms with Crippen LogP contribution in [0, 0.1) is 0 Å². The second-order valence-corrected chi connectivity index (χ2v) is 7.73. The zero-order valence-corrected chi connectivity index (χ0v) is 13.1. The van der Waals surface area contributed by atoms with Gasteiger partial charge in [-0.15, -0.1) is 10.2 Å². The third-order valence-corrected chi connectivity index (χ3v) is 5.45. The maximum atomic E-state index is 12.2. The molecule has 1 amide bonds. The highest BCUT2D eigenvalue weighted by Crippen LogP contribution is 2.22. The summed E-state index contributed by atoms with van der Waals surface area (Å²) in [5, 5.41) is 11.7. The topological polar surface area (TPSA) is 92.3 Å². The number of hydrogen-bond acceptors (Lipinski definition) is 6. The van der Waals surface area contributed by atoms with Crippen LogP contribution < -0.4 is 5.32 Å². The first-order valence-corrected chi connectivity index (χ1v) is 9.18. The highest BCUT2D eigenvalue weighted by molar-refractivity contribution is 7.88. The summed E-state index contributed by atoms with van der Waals surface area (Å²) in [5.41, 5.74) is 0. The number of aromatic nitrogens is 2. The maximum absolute atomic E-state index is 12.2. The standard InChI is InChI=1S/C11H18N4O3S2/c1-3-9-13-14-11(19-9)12-10(16)8-6-4-5-7-15(8)20(2,17)18/h8H,3-7H2,1-2H3,(H,12,14,16). The van der Waals surface area contributed by atoms with Gasteiger partial charge in [0.2, 0.25) is 21.1 Å². The number of carbonyl (C=O) groups excluding carboxylic acids is 1. The van der Waals surface area contributed by atoms with Gasteiger partial charge in [-0.25, -0.2) is 8.42 Å². The summed E-state index contributed by atoms with van der Waals surface area (Å²) in [6.07, 6.45) is 4.07. The molecule has 0 bridgehead atoms. The number of anilines is 1. The molecular weight excluding hydrogens is 300 g/mol. The van der Waals surface area contributed by atoms with Crippen molar-refractivity contribution in [2.24, 2.45) is 0 Å². The van der Waals surface area contributed by atoms with Gasteiger partial charge in [0.25, 0.3) is 0 Å². The fourth-order valence-corrected chi connectivity index (χ4v) is 4.01. The molecule has 7 nitrogen and oxygen atoms in total. The quantitative estimate of drug-likeness (QED) is 0.888. The minimum Gasteiger partial charge on any atom is -0.299 e. The Kier molecular flexibility index (Phi) is 4.71. The highest BCUT2D eigenvalue weighted by atomic mass is 32.2. The fraction of sp³-hybridized carbons (Fsp3) is 0.727. The van der Waals surface area contributed by atoms with Crippen molar-refractivity contribution in [2.75, 3.05) is 18.1 Å². The molecule has 20 heavy (non-hydrogen) atoms. The molecule has 0 spiro atoms. The van der Waals surface area contributed by atoms with E-state index >= 15 is 0 Å². The van der Waals surface area contributed by atoms with Crippen molar-refractivity contribution in [2.45, 2.75) is 38.6 Å². The molecule has 0 aromatic carbocycles. The van der Waals surface area contributed by atoms with Crippen LogP contribution in [0.1, 0.15) is 31.2 Å². The third kappa shape index (κ3) is 3.53. The van der Waals surface area contributed by atoms with Gasteiger partial charge < -0.3 is 0 Å². The monoisotopic (exact) mass is 318 g/mol. The second kappa shape index (κ2) is 6.15. The Hall–Kier alpha value is -1.06. The molecule has 0 saturated carbocycles. The fourth-order valence-electron chi connectivity index (χ4n) is 2.20. The molecule has 0 radical (unpaired) electrons. The van der Waals surface area contributed by atoms with Gasteiger partial charge in [0.05, 0.1) is 6.26 Å². The number of carbonyl (C=O) groups is 1. The molecule has 1 saturated heterocycles. The average molecular weight is 318 g/mol. The molecule has 1 aliphatic heterocycles. The van der Waals surface area contributed by atoms with Gasteiger partial charge in [-0.1, -0.05) is 24.7 Å². The van der Waals surface area contributed by atoms with Crippen molar-refractivity contribution >= 4 is 32.4 Å². The molecule has 1 fully saturated rings. The van der Waals surface area contributed by atoms with Crippen LogP contribution in [0.2, 0.25) is 0 Å². The SMILES string of the molecule is CCc1nnc(NC(=O)C2CCCCN2S(C)(=O)=O)s1. The Bertz CT molecular complexity index is 584. The van der Waals surface area contributed by atoms with Crippen molar-refractivity contribution in [3.63, 3.8) is 0 Å². The second-order valence-electron chi connectivity index (χ2n) is 4.73. The van der Waals surface area contributed by atoms with Gasteiger partial charge in [0.15, 0.2) is 0 Å². The molecule has 1 N–H and O–H groups in total. The van der Waals surface area contributed by atoms with E-state index in [9.17, 15) is 13.2 Å². The number of amides is 1. The van der Waals surface area contributed by atoms with Crippen LogP contribution in [-0.2, 0) is 21.2 Å². The molecule has 1 aliphatic rings. The van der Waals surface area contributed by atoms with E-state index in [0.717, 1.165) is 30.5 Å². The van der Waals surface area contributed by atoms with Crippen molar-refractivity contribution in [1.82, 2.24) is 14.5 Å². The van der Waals surface area contributed by atoms with Crippen LogP contribution in [0.5, 0.6) is 0 Å². The van der Waals surface area contributed by atoms with Crippen LogP contribution in [0.15, 0.2) is 0 Å². The lowest BCUT2D eigenvalue weighted by atomic mass is 10.0. The van der Waals surface area contributed by atoms with E-state index < -0.39 is 16.1 Å². The number of nitrogens with zero attached hydrogens (tertiary/aromatic N) is 3. The van der Waals surface area contributed by atoms with E-state index in [1.807, 2.05) is 6.92 Å². The van der Waals surface area contributed by atoms with Crippen LogP contribution in [-0.4, -0.2) is 47.7 Å². The minimum atomic E-state index is -3.37. The van der Waals surface area contributed by atoms with E-state index in [1.54, 1.807) is 0 Å². The average Bonchev–Trinajstić information content (AvgIpc) is 2.85. The van der Waals surface area contributed by atoms with Gasteiger partial charge in [0, 0.05) is 6.54 Å². The summed E-state index contributed by atoms with van der Waals surface area (Å²) in [5.74, 6) is -0.325. The number of hydrogen-bond donors (Lipinski definition) is 1. The van der Waals surface area contributed by atoms with Crippen LogP contribution in [0.4, 0.5) is 5.13 Å². The number of piperidine rings is 1. The Morgan fingerprint density at radius 1 is 1.45 bits per heavy atom. The number of sulfonamides is 1. The smallest absolute Gasteiger partial charge is 0.244 e. The van der Waals surface area contributed by atoms with Gasteiger partial charge in [0.1, 0.15) is 11.0 Å². The Morgan fingerprint density at radius 3 is 2.80 bits per heavy atom. The predicted molar refractivity (Wildman–Crippen MR) is 77.1 cm³/mol. The van der Waals surface area contributed by atoms with E-state index in [0.29, 0.717) is 18.1 Å². The van der Waals surface area contributed by atoms with Crippen molar-refractivity contribution in [1.29, 1.82) is 0 Å². The summed E-state index contributed by atoms with van der Waals surface area (Å²) in [7, 11) is -3.37. The molecular formula is C11H18N4O3S2. The van der Waals surface area contributed by atoms with Gasteiger partial charge in [-0.05, 0) is 19.3 Å². The van der Waals surface area contributed by atoms with E-state index in [2.05, 4.69) is 15.5 Å². The highest BCUT2D eigenvalue weighted by Gasteiger charge is 2.34. The predicted octanol–water partition coefficient (Wildman–Crippen LogP) is 0.853. The van der Waals surface area contributed by atoms with Crippen molar-refractivity contribution in [3.05, 3.63) is 5.01 Å². The van der Waals surface area contributed by atoms with Gasteiger partial charge >= 0.3 is 0 Å². The first kappa shape index (κ1) is 15.3. The lowest BCUT2D eigenvalue weighted by Crippen LogP contribution is -2.49. The Labute approximate surface area is 122 Å². The summed E-state index contributed by atoms with van der Waals surface area (Å²) in [6.45, 7) is 2.35. The largest absolute Gasteiger partial charge is 0.299 e. The summed E-state index contributed by atoms with van der Waals surface area (Å²) in [6, 6.07) is -0.646. The third-order valence-electron chi connectivity index (χ3n) is 3.18. The van der Waals surface area contributed by atoms with Gasteiger partial charge in [-0.2, -0.15) is 4.31 Å². The maximum Gasteiger partial charge on any atom is 0.244 e. The molecule has 2 rings (SSSR count). The minimum absolute atomic E-state index is 0.325. The summed E-state index contributed by atoms with van der Waals surface area (Å²) >= 11 is 1.31. The summed E-state index contributed by atoms with van der Waals surface area (Å²) in [4.78, 5) is 12.2. The Morgan fingerprint density at radius 2 is 2.20 bits per heavy atom. The molecule has 1 aromatic heterocycles. The molecule has 1 unspecified atom stereocenters. The molecule has 1 aromatic rings. The molecule has 1 atom stereocenters. The van der Waals surface area contributed by atoms with Gasteiger partial charge in [-0.3, -0.25) is 10.1 Å². The zero-order valence-electron chi connectivity index (χ0n) is 11.5. The molecule has 0 aliphatic carbocycles. The Balaban J connectivity index is 2.10. The lowest BCUT2D eigenvalue weighted by molar-refractivity contribution is -0.120. The number of rotatable bonds is 4. The van der Waals surface area contributed by atoms with Crippen molar-refractivity contribution in [3.8, 4) is 0 Å². The number of nitrogens with one attached hydrogen (secondary N) is 1. The normalized spacial score (nSPS) is 20.8. The molecule has 9 heteroatoms. The van der Waals surface area contributed by atoms with E-state index in [1.165, 1.54) is 15.6 Å². The summed E-state index contributed by atoms with van der Waals surface area (Å²) < 4.78 is 24.7. The zero-order chi connectivity index (χ0) is 14.8. The molecule has 112 valence electrons. The van der Waals surface area contributed by atoms with Crippen LogP contribution in [0.3, 0.4) is 0 Å². The van der Waals surface area contributed by atoms with Crippen LogP contribution >= 0.6 is 11.3 Å². The van der Waals surface area contributed by atoms with E-state index in [-0.39, 0.29) is 5.91 Å². The van der Waals surface area contributed by atoms with Crippen LogP contribution in [0.25, 0.3) is 0 Å².